The van der Waals surface area contributed by atoms with Crippen molar-refractivity contribution in [2.24, 2.45) is 0 Å². The van der Waals surface area contributed by atoms with E-state index >= 15 is 0 Å². The highest BCUT2D eigenvalue weighted by molar-refractivity contribution is 7.18. The second-order valence-electron chi connectivity index (χ2n) is 6.67. The highest BCUT2D eigenvalue weighted by Gasteiger charge is 2.31. The third-order valence-corrected chi connectivity index (χ3v) is 5.56. The predicted molar refractivity (Wildman–Crippen MR) is 89.7 cm³/mol. The van der Waals surface area contributed by atoms with Crippen LogP contribution in [0.2, 0.25) is 0 Å². The third kappa shape index (κ3) is 2.71. The lowest BCUT2D eigenvalue weighted by Crippen LogP contribution is -2.49. The van der Waals surface area contributed by atoms with Crippen molar-refractivity contribution in [3.05, 3.63) is 26.6 Å². The number of hydrogen-bond acceptors (Lipinski definition) is 5. The van der Waals surface area contributed by atoms with Gasteiger partial charge in [-0.3, -0.25) is 9.69 Å². The largest absolute Gasteiger partial charge is 0.373 e. The fourth-order valence-electron chi connectivity index (χ4n) is 3.03. The average Bonchev–Trinajstić information content (AvgIpc) is 2.72. The Hall–Kier alpha value is -1.24. The second-order valence-corrected chi connectivity index (χ2v) is 7.87. The van der Waals surface area contributed by atoms with E-state index in [4.69, 9.17) is 9.72 Å². The van der Waals surface area contributed by atoms with E-state index in [1.54, 1.807) is 11.3 Å². The molecule has 0 amide bonds. The van der Waals surface area contributed by atoms with Gasteiger partial charge in [-0.05, 0) is 40.2 Å². The fraction of sp³-hybridized carbons (Fsp3) is 0.625. The van der Waals surface area contributed by atoms with E-state index in [0.29, 0.717) is 6.61 Å². The molecule has 1 N–H and O–H groups in total. The molecule has 0 aromatic carbocycles. The molecule has 1 aliphatic heterocycles. The SMILES string of the molecule is Cc1sc2nc(C(C)N3CCOC(C)(C)C3)[nH]c(=O)c2c1C. The Morgan fingerprint density at radius 1 is 1.41 bits per heavy atom. The molecule has 1 atom stereocenters. The lowest BCUT2D eigenvalue weighted by Gasteiger charge is -2.40. The number of nitrogens with one attached hydrogen (secondary N) is 1. The van der Waals surface area contributed by atoms with Crippen LogP contribution >= 0.6 is 11.3 Å². The molecule has 5 nitrogen and oxygen atoms in total. The second kappa shape index (κ2) is 5.44. The van der Waals surface area contributed by atoms with E-state index in [0.717, 1.165) is 39.6 Å². The van der Waals surface area contributed by atoms with Gasteiger partial charge in [0, 0.05) is 18.0 Å². The first-order chi connectivity index (χ1) is 10.3. The van der Waals surface area contributed by atoms with Gasteiger partial charge in [0.2, 0.25) is 0 Å². The molecule has 6 heteroatoms. The predicted octanol–water partition coefficient (Wildman–Crippen LogP) is 2.77. The van der Waals surface area contributed by atoms with Gasteiger partial charge in [-0.1, -0.05) is 0 Å². The van der Waals surface area contributed by atoms with E-state index < -0.39 is 0 Å². The highest BCUT2D eigenvalue weighted by atomic mass is 32.1. The van der Waals surface area contributed by atoms with Crippen molar-refractivity contribution in [3.63, 3.8) is 0 Å². The molecule has 0 saturated carbocycles. The summed E-state index contributed by atoms with van der Waals surface area (Å²) in [6, 6.07) is 0.0722. The smallest absolute Gasteiger partial charge is 0.259 e. The molecule has 0 bridgehead atoms. The normalized spacial score (nSPS) is 20.4. The first kappa shape index (κ1) is 15.6. The summed E-state index contributed by atoms with van der Waals surface area (Å²) in [5.74, 6) is 0.747. The maximum absolute atomic E-state index is 12.4. The summed E-state index contributed by atoms with van der Waals surface area (Å²) in [5.41, 5.74) is 0.856. The highest BCUT2D eigenvalue weighted by Crippen LogP contribution is 2.28. The minimum absolute atomic E-state index is 0.0266. The van der Waals surface area contributed by atoms with E-state index in [1.807, 2.05) is 13.8 Å². The quantitative estimate of drug-likeness (QED) is 0.924. The molecule has 1 unspecified atom stereocenters. The van der Waals surface area contributed by atoms with Crippen LogP contribution in [0.1, 0.15) is 43.1 Å². The Labute approximate surface area is 134 Å². The molecular weight excluding hydrogens is 298 g/mol. The van der Waals surface area contributed by atoms with Crippen LogP contribution in [0, 0.1) is 13.8 Å². The maximum Gasteiger partial charge on any atom is 0.259 e. The van der Waals surface area contributed by atoms with Crippen LogP contribution in [0.4, 0.5) is 0 Å². The zero-order valence-electron chi connectivity index (χ0n) is 13.8. The molecule has 1 aliphatic rings. The lowest BCUT2D eigenvalue weighted by molar-refractivity contribution is -0.0966. The summed E-state index contributed by atoms with van der Waals surface area (Å²) >= 11 is 1.60. The molecule has 3 rings (SSSR count). The lowest BCUT2D eigenvalue weighted by atomic mass is 10.1. The molecule has 22 heavy (non-hydrogen) atoms. The summed E-state index contributed by atoms with van der Waals surface area (Å²) in [6.45, 7) is 12.7. The number of H-pyrrole nitrogens is 1. The third-order valence-electron chi connectivity index (χ3n) is 4.46. The van der Waals surface area contributed by atoms with Gasteiger partial charge in [0.25, 0.3) is 5.56 Å². The van der Waals surface area contributed by atoms with Gasteiger partial charge in [0.15, 0.2) is 0 Å². The number of morpholine rings is 1. The first-order valence-electron chi connectivity index (χ1n) is 7.66. The Morgan fingerprint density at radius 2 is 2.14 bits per heavy atom. The number of aryl methyl sites for hydroxylation is 2. The van der Waals surface area contributed by atoms with Crippen LogP contribution in [-0.4, -0.2) is 40.2 Å². The molecule has 1 saturated heterocycles. The summed E-state index contributed by atoms with van der Waals surface area (Å²) in [4.78, 5) is 24.4. The summed E-state index contributed by atoms with van der Waals surface area (Å²) in [5, 5.41) is 0.737. The van der Waals surface area contributed by atoms with Crippen LogP contribution in [0.3, 0.4) is 0 Å². The van der Waals surface area contributed by atoms with Crippen LogP contribution in [-0.2, 0) is 4.74 Å². The number of ether oxygens (including phenoxy) is 1. The monoisotopic (exact) mass is 321 g/mol. The van der Waals surface area contributed by atoms with Crippen LogP contribution in [0.5, 0.6) is 0 Å². The van der Waals surface area contributed by atoms with Crippen molar-refractivity contribution < 1.29 is 4.74 Å². The number of thiophene rings is 1. The average molecular weight is 321 g/mol. The molecule has 0 radical (unpaired) electrons. The van der Waals surface area contributed by atoms with Gasteiger partial charge in [-0.25, -0.2) is 4.98 Å². The van der Waals surface area contributed by atoms with Crippen molar-refractivity contribution in [2.45, 2.75) is 46.3 Å². The Morgan fingerprint density at radius 3 is 2.82 bits per heavy atom. The van der Waals surface area contributed by atoms with Gasteiger partial charge < -0.3 is 9.72 Å². The molecule has 0 aliphatic carbocycles. The Kier molecular flexibility index (Phi) is 3.87. The van der Waals surface area contributed by atoms with Crippen molar-refractivity contribution in [1.29, 1.82) is 0 Å². The van der Waals surface area contributed by atoms with Crippen LogP contribution in [0.25, 0.3) is 10.2 Å². The molecule has 2 aromatic rings. The number of hydrogen-bond donors (Lipinski definition) is 1. The van der Waals surface area contributed by atoms with Crippen LogP contribution in [0.15, 0.2) is 4.79 Å². The minimum atomic E-state index is -0.160. The topological polar surface area (TPSA) is 58.2 Å². The maximum atomic E-state index is 12.4. The van der Waals surface area contributed by atoms with Crippen molar-refractivity contribution >= 4 is 21.6 Å². The van der Waals surface area contributed by atoms with Crippen molar-refractivity contribution in [2.75, 3.05) is 19.7 Å². The molecule has 3 heterocycles. The summed E-state index contributed by atoms with van der Waals surface area (Å²) in [7, 11) is 0. The Bertz CT molecular complexity index is 763. The van der Waals surface area contributed by atoms with Gasteiger partial charge in [0.1, 0.15) is 10.7 Å². The number of rotatable bonds is 2. The van der Waals surface area contributed by atoms with E-state index in [9.17, 15) is 4.79 Å². The van der Waals surface area contributed by atoms with E-state index in [1.165, 1.54) is 0 Å². The first-order valence-corrected chi connectivity index (χ1v) is 8.48. The number of nitrogens with zero attached hydrogens (tertiary/aromatic N) is 2. The standard InChI is InChI=1S/C16H23N3O2S/c1-9-11(3)22-15-12(9)14(20)17-13(18-15)10(2)19-6-7-21-16(4,5)8-19/h10H,6-8H2,1-5H3,(H,17,18,20). The van der Waals surface area contributed by atoms with Gasteiger partial charge >= 0.3 is 0 Å². The van der Waals surface area contributed by atoms with Gasteiger partial charge in [-0.15, -0.1) is 11.3 Å². The summed E-state index contributed by atoms with van der Waals surface area (Å²) < 4.78 is 5.76. The van der Waals surface area contributed by atoms with Gasteiger partial charge in [-0.2, -0.15) is 0 Å². The summed E-state index contributed by atoms with van der Waals surface area (Å²) in [6.07, 6.45) is 0. The molecule has 0 spiro atoms. The van der Waals surface area contributed by atoms with Crippen LogP contribution < -0.4 is 5.56 Å². The molecule has 1 fully saturated rings. The number of aromatic amines is 1. The Balaban J connectivity index is 1.98. The fourth-order valence-corrected chi connectivity index (χ4v) is 4.06. The van der Waals surface area contributed by atoms with Gasteiger partial charge in [0.05, 0.1) is 23.6 Å². The van der Waals surface area contributed by atoms with E-state index in [-0.39, 0.29) is 17.2 Å². The van der Waals surface area contributed by atoms with E-state index in [2.05, 4.69) is 30.7 Å². The molecular formula is C16H23N3O2S. The number of fused-ring (bicyclic) bond motifs is 1. The van der Waals surface area contributed by atoms with Crippen molar-refractivity contribution in [3.8, 4) is 0 Å². The molecule has 120 valence electrons. The van der Waals surface area contributed by atoms with Crippen molar-refractivity contribution in [1.82, 2.24) is 14.9 Å². The zero-order chi connectivity index (χ0) is 16.1. The molecule has 2 aromatic heterocycles. The zero-order valence-corrected chi connectivity index (χ0v) is 14.6. The number of aromatic nitrogens is 2. The minimum Gasteiger partial charge on any atom is -0.373 e.